The lowest BCUT2D eigenvalue weighted by atomic mass is 9.91. The van der Waals surface area contributed by atoms with Gasteiger partial charge >= 0.3 is 0 Å². The first-order chi connectivity index (χ1) is 12.0. The van der Waals surface area contributed by atoms with Gasteiger partial charge in [-0.15, -0.1) is 0 Å². The highest BCUT2D eigenvalue weighted by molar-refractivity contribution is 5.39. The van der Waals surface area contributed by atoms with E-state index in [-0.39, 0.29) is 11.9 Å². The third kappa shape index (κ3) is 4.53. The van der Waals surface area contributed by atoms with Crippen molar-refractivity contribution >= 4 is 0 Å². The van der Waals surface area contributed by atoms with E-state index in [2.05, 4.69) is 4.90 Å². The highest BCUT2D eigenvalue weighted by atomic mass is 16.3. The molecule has 2 aromatic rings. The summed E-state index contributed by atoms with van der Waals surface area (Å²) in [6, 6.07) is 13.6. The average Bonchev–Trinajstić information content (AvgIpc) is 2.59. The largest absolute Gasteiger partial charge is 0.508 e. The van der Waals surface area contributed by atoms with Crippen LogP contribution in [-0.4, -0.2) is 32.4 Å². The number of aliphatic hydroxyl groups excluding tert-OH is 1. The van der Waals surface area contributed by atoms with Crippen molar-refractivity contribution in [2.75, 3.05) is 0 Å². The van der Waals surface area contributed by atoms with Gasteiger partial charge in [0, 0.05) is 24.7 Å². The summed E-state index contributed by atoms with van der Waals surface area (Å²) in [5.41, 5.74) is 2.86. The average molecular weight is 341 g/mol. The van der Waals surface area contributed by atoms with E-state index in [1.54, 1.807) is 12.1 Å². The van der Waals surface area contributed by atoms with Crippen molar-refractivity contribution < 1.29 is 15.3 Å². The fraction of sp³-hybridized carbons (Fsp3) is 0.429. The van der Waals surface area contributed by atoms with Gasteiger partial charge in [-0.1, -0.05) is 30.3 Å². The minimum absolute atomic E-state index is 0.189. The van der Waals surface area contributed by atoms with Gasteiger partial charge in [0.25, 0.3) is 0 Å². The summed E-state index contributed by atoms with van der Waals surface area (Å²) in [4.78, 5) is 2.36. The van der Waals surface area contributed by atoms with E-state index in [1.165, 1.54) is 0 Å². The molecule has 2 aromatic carbocycles. The first kappa shape index (κ1) is 17.8. The number of aliphatic hydroxyl groups is 1. The number of phenols is 2. The Labute approximate surface area is 149 Å². The third-order valence-electron chi connectivity index (χ3n) is 5.17. The van der Waals surface area contributed by atoms with Gasteiger partial charge in [0.15, 0.2) is 0 Å². The molecular weight excluding hydrogens is 314 g/mol. The van der Waals surface area contributed by atoms with E-state index in [4.69, 9.17) is 0 Å². The Kier molecular flexibility index (Phi) is 5.61. The molecule has 0 aliphatic heterocycles. The Morgan fingerprint density at radius 3 is 2.40 bits per heavy atom. The van der Waals surface area contributed by atoms with Crippen LogP contribution in [0.2, 0.25) is 0 Å². The topological polar surface area (TPSA) is 63.9 Å². The number of para-hydroxylation sites is 1. The second-order valence-electron chi connectivity index (χ2n) is 7.12. The molecule has 0 radical (unpaired) electrons. The molecule has 1 saturated carbocycles. The molecule has 4 heteroatoms. The van der Waals surface area contributed by atoms with Gasteiger partial charge in [0.05, 0.1) is 6.10 Å². The van der Waals surface area contributed by atoms with Crippen LogP contribution in [0.1, 0.15) is 42.4 Å². The van der Waals surface area contributed by atoms with Gasteiger partial charge in [-0.3, -0.25) is 4.90 Å². The van der Waals surface area contributed by atoms with E-state index in [0.29, 0.717) is 24.9 Å². The van der Waals surface area contributed by atoms with Gasteiger partial charge in [-0.25, -0.2) is 0 Å². The SMILES string of the molecule is Cc1cccc(CN(Cc2cccc(O)c2)C2CCC(O)CC2)c1O. The smallest absolute Gasteiger partial charge is 0.122 e. The van der Waals surface area contributed by atoms with Crippen LogP contribution in [0.15, 0.2) is 42.5 Å². The van der Waals surface area contributed by atoms with E-state index >= 15 is 0 Å². The molecule has 3 N–H and O–H groups in total. The summed E-state index contributed by atoms with van der Waals surface area (Å²) >= 11 is 0. The number of aromatic hydroxyl groups is 2. The Balaban J connectivity index is 1.82. The molecule has 0 aromatic heterocycles. The fourth-order valence-electron chi connectivity index (χ4n) is 3.69. The summed E-state index contributed by atoms with van der Waals surface area (Å²) in [7, 11) is 0. The number of hydrogen-bond acceptors (Lipinski definition) is 4. The van der Waals surface area contributed by atoms with Crippen LogP contribution in [0.3, 0.4) is 0 Å². The number of rotatable bonds is 5. The maximum Gasteiger partial charge on any atom is 0.122 e. The molecule has 1 fully saturated rings. The predicted molar refractivity (Wildman–Crippen MR) is 98.5 cm³/mol. The summed E-state index contributed by atoms with van der Waals surface area (Å²) in [5, 5.41) is 30.0. The lowest BCUT2D eigenvalue weighted by Gasteiger charge is -2.36. The van der Waals surface area contributed by atoms with Crippen LogP contribution in [0, 0.1) is 6.92 Å². The minimum atomic E-state index is -0.189. The molecule has 0 heterocycles. The van der Waals surface area contributed by atoms with Crippen molar-refractivity contribution in [2.24, 2.45) is 0 Å². The Morgan fingerprint density at radius 2 is 1.68 bits per heavy atom. The first-order valence-electron chi connectivity index (χ1n) is 9.00. The second-order valence-corrected chi connectivity index (χ2v) is 7.12. The first-order valence-corrected chi connectivity index (χ1v) is 9.00. The standard InChI is InChI=1S/C21H27NO3/c1-15-4-2-6-17(21(15)25)14-22(18-8-10-19(23)11-9-18)13-16-5-3-7-20(24)12-16/h2-7,12,18-19,23-25H,8-11,13-14H2,1H3. The Bertz CT molecular complexity index is 708. The molecule has 0 amide bonds. The van der Waals surface area contributed by atoms with Gasteiger partial charge in [0.1, 0.15) is 11.5 Å². The number of aryl methyl sites for hydroxylation is 1. The fourth-order valence-corrected chi connectivity index (χ4v) is 3.69. The number of phenolic OH excluding ortho intramolecular Hbond substituents is 2. The molecular formula is C21H27NO3. The molecule has 4 nitrogen and oxygen atoms in total. The molecule has 1 aliphatic rings. The molecule has 0 spiro atoms. The molecule has 0 bridgehead atoms. The van der Waals surface area contributed by atoms with Gasteiger partial charge in [-0.2, -0.15) is 0 Å². The zero-order valence-electron chi connectivity index (χ0n) is 14.7. The van der Waals surface area contributed by atoms with Crippen LogP contribution in [0.5, 0.6) is 11.5 Å². The van der Waals surface area contributed by atoms with Crippen LogP contribution in [0.4, 0.5) is 0 Å². The summed E-state index contributed by atoms with van der Waals surface area (Å²) in [5.74, 6) is 0.633. The third-order valence-corrected chi connectivity index (χ3v) is 5.17. The van der Waals surface area contributed by atoms with Crippen molar-refractivity contribution in [2.45, 2.75) is 57.8 Å². The maximum absolute atomic E-state index is 10.4. The number of hydrogen-bond donors (Lipinski definition) is 3. The van der Waals surface area contributed by atoms with Gasteiger partial charge < -0.3 is 15.3 Å². The second kappa shape index (κ2) is 7.89. The van der Waals surface area contributed by atoms with E-state index in [9.17, 15) is 15.3 Å². The molecule has 0 atom stereocenters. The van der Waals surface area contributed by atoms with E-state index < -0.39 is 0 Å². The van der Waals surface area contributed by atoms with Crippen LogP contribution in [-0.2, 0) is 13.1 Å². The maximum atomic E-state index is 10.4. The monoisotopic (exact) mass is 341 g/mol. The highest BCUT2D eigenvalue weighted by Gasteiger charge is 2.25. The van der Waals surface area contributed by atoms with Crippen molar-refractivity contribution in [3.63, 3.8) is 0 Å². The summed E-state index contributed by atoms with van der Waals surface area (Å²) in [6.07, 6.45) is 3.35. The van der Waals surface area contributed by atoms with Gasteiger partial charge in [0.2, 0.25) is 0 Å². The highest BCUT2D eigenvalue weighted by Crippen LogP contribution is 2.29. The van der Waals surface area contributed by atoms with Crippen molar-refractivity contribution in [3.05, 3.63) is 59.2 Å². The molecule has 1 aliphatic carbocycles. The van der Waals surface area contributed by atoms with Crippen molar-refractivity contribution in [1.82, 2.24) is 4.90 Å². The lowest BCUT2D eigenvalue weighted by Crippen LogP contribution is -2.38. The normalized spacial score (nSPS) is 20.8. The summed E-state index contributed by atoms with van der Waals surface area (Å²) in [6.45, 7) is 3.28. The molecule has 3 rings (SSSR count). The van der Waals surface area contributed by atoms with Crippen molar-refractivity contribution in [1.29, 1.82) is 0 Å². The molecule has 0 unspecified atom stereocenters. The molecule has 25 heavy (non-hydrogen) atoms. The van der Waals surface area contributed by atoms with Crippen LogP contribution < -0.4 is 0 Å². The summed E-state index contributed by atoms with van der Waals surface area (Å²) < 4.78 is 0. The Hall–Kier alpha value is -2.04. The Morgan fingerprint density at radius 1 is 0.960 bits per heavy atom. The molecule has 0 saturated heterocycles. The number of benzene rings is 2. The van der Waals surface area contributed by atoms with E-state index in [0.717, 1.165) is 42.4 Å². The predicted octanol–water partition coefficient (Wildman–Crippen LogP) is 3.71. The van der Waals surface area contributed by atoms with Crippen molar-refractivity contribution in [3.8, 4) is 11.5 Å². The molecule has 134 valence electrons. The quantitative estimate of drug-likeness (QED) is 0.776. The number of nitrogens with zero attached hydrogens (tertiary/aromatic N) is 1. The van der Waals surface area contributed by atoms with Crippen LogP contribution in [0.25, 0.3) is 0 Å². The minimum Gasteiger partial charge on any atom is -0.508 e. The van der Waals surface area contributed by atoms with Crippen LogP contribution >= 0.6 is 0 Å². The zero-order valence-corrected chi connectivity index (χ0v) is 14.7. The van der Waals surface area contributed by atoms with E-state index in [1.807, 2.05) is 37.3 Å². The van der Waals surface area contributed by atoms with Gasteiger partial charge in [-0.05, 0) is 55.9 Å². The zero-order chi connectivity index (χ0) is 17.8. The lowest BCUT2D eigenvalue weighted by molar-refractivity contribution is 0.0662.